The highest BCUT2D eigenvalue weighted by Gasteiger charge is 2.26. The number of hydrogen-bond donors (Lipinski definition) is 0. The predicted molar refractivity (Wildman–Crippen MR) is 136 cm³/mol. The number of rotatable bonds is 7. The number of ether oxygens (including phenoxy) is 2. The van der Waals surface area contributed by atoms with Crippen molar-refractivity contribution in [1.29, 1.82) is 0 Å². The first-order chi connectivity index (χ1) is 16.5. The van der Waals surface area contributed by atoms with Crippen LogP contribution in [0, 0.1) is 6.92 Å². The summed E-state index contributed by atoms with van der Waals surface area (Å²) in [7, 11) is 0. The average molecular weight is 460 g/mol. The summed E-state index contributed by atoms with van der Waals surface area (Å²) in [6, 6.07) is 10.4. The van der Waals surface area contributed by atoms with Gasteiger partial charge in [-0.2, -0.15) is 0 Å². The standard InChI is InChI=1S/C27H33N5O2/c1-5-6-7-12-33-26-11-9-22(14-29-26)21-8-10-23-24(13-21)32-25(15-28-23)20(4)30-27(32)31-16-18(2)34-19(3)17-31/h8-11,13-15,18-19H,5-7,12,16-17H2,1-4H3/t18-,19+. The smallest absolute Gasteiger partial charge is 0.213 e. The molecule has 0 saturated carbocycles. The van der Waals surface area contributed by atoms with E-state index in [2.05, 4.69) is 59.3 Å². The molecule has 1 fully saturated rings. The van der Waals surface area contributed by atoms with Crippen molar-refractivity contribution in [3.8, 4) is 17.0 Å². The Bertz CT molecular complexity index is 1270. The molecular formula is C27H33N5O2. The number of morpholine rings is 1. The summed E-state index contributed by atoms with van der Waals surface area (Å²) in [4.78, 5) is 16.5. The maximum atomic E-state index is 5.96. The van der Waals surface area contributed by atoms with Gasteiger partial charge in [-0.15, -0.1) is 0 Å². The molecule has 4 aromatic rings. The van der Waals surface area contributed by atoms with Crippen molar-refractivity contribution in [3.05, 3.63) is 48.4 Å². The summed E-state index contributed by atoms with van der Waals surface area (Å²) in [5, 5.41) is 0. The molecule has 0 aliphatic carbocycles. The molecule has 1 saturated heterocycles. The lowest BCUT2D eigenvalue weighted by Gasteiger charge is -2.35. The summed E-state index contributed by atoms with van der Waals surface area (Å²) in [6.07, 6.45) is 7.55. The molecule has 2 atom stereocenters. The van der Waals surface area contributed by atoms with Crippen molar-refractivity contribution in [2.75, 3.05) is 24.6 Å². The molecule has 178 valence electrons. The number of aryl methyl sites for hydroxylation is 1. The molecule has 1 aromatic carbocycles. The Hall–Kier alpha value is -3.19. The molecule has 0 bridgehead atoms. The Morgan fingerprint density at radius 3 is 2.50 bits per heavy atom. The Morgan fingerprint density at radius 2 is 1.76 bits per heavy atom. The number of hydrogen-bond acceptors (Lipinski definition) is 6. The van der Waals surface area contributed by atoms with Crippen molar-refractivity contribution in [1.82, 2.24) is 19.4 Å². The fourth-order valence-corrected chi connectivity index (χ4v) is 4.76. The van der Waals surface area contributed by atoms with Gasteiger partial charge in [-0.1, -0.05) is 25.8 Å². The van der Waals surface area contributed by atoms with Crippen molar-refractivity contribution in [2.45, 2.75) is 59.2 Å². The number of fused-ring (bicyclic) bond motifs is 3. The van der Waals surface area contributed by atoms with E-state index in [9.17, 15) is 0 Å². The number of benzene rings is 1. The highest BCUT2D eigenvalue weighted by atomic mass is 16.5. The summed E-state index contributed by atoms with van der Waals surface area (Å²) in [5.74, 6) is 1.63. The van der Waals surface area contributed by atoms with Gasteiger partial charge in [-0.05, 0) is 51.0 Å². The normalized spacial score (nSPS) is 18.6. The minimum Gasteiger partial charge on any atom is -0.478 e. The molecular weight excluding hydrogens is 426 g/mol. The maximum absolute atomic E-state index is 5.96. The molecule has 7 nitrogen and oxygen atoms in total. The van der Waals surface area contributed by atoms with Gasteiger partial charge in [0.25, 0.3) is 0 Å². The minimum atomic E-state index is 0.161. The first kappa shape index (κ1) is 22.6. The van der Waals surface area contributed by atoms with Gasteiger partial charge in [0.1, 0.15) is 0 Å². The third-order valence-electron chi connectivity index (χ3n) is 6.39. The molecule has 0 amide bonds. The summed E-state index contributed by atoms with van der Waals surface area (Å²) in [6.45, 7) is 10.8. The zero-order valence-electron chi connectivity index (χ0n) is 20.5. The Kier molecular flexibility index (Phi) is 6.37. The second-order valence-corrected chi connectivity index (χ2v) is 9.28. The topological polar surface area (TPSA) is 64.8 Å². The molecule has 1 aliphatic heterocycles. The maximum Gasteiger partial charge on any atom is 0.213 e. The first-order valence-electron chi connectivity index (χ1n) is 12.3. The van der Waals surface area contributed by atoms with Gasteiger partial charge in [0.2, 0.25) is 11.8 Å². The van der Waals surface area contributed by atoms with Crippen molar-refractivity contribution in [2.24, 2.45) is 0 Å². The van der Waals surface area contributed by atoms with E-state index in [1.54, 1.807) is 0 Å². The third kappa shape index (κ3) is 4.44. The summed E-state index contributed by atoms with van der Waals surface area (Å²) < 4.78 is 14.0. The number of imidazole rings is 1. The molecule has 0 unspecified atom stereocenters. The van der Waals surface area contributed by atoms with Crippen LogP contribution in [0.1, 0.15) is 45.7 Å². The van der Waals surface area contributed by atoms with E-state index in [1.165, 1.54) is 12.8 Å². The molecule has 0 N–H and O–H groups in total. The van der Waals surface area contributed by atoms with E-state index in [-0.39, 0.29) is 12.2 Å². The number of nitrogens with zero attached hydrogens (tertiary/aromatic N) is 5. The number of anilines is 1. The van der Waals surface area contributed by atoms with Crippen LogP contribution in [0.5, 0.6) is 5.88 Å². The lowest BCUT2D eigenvalue weighted by Crippen LogP contribution is -2.46. The summed E-state index contributed by atoms with van der Waals surface area (Å²) in [5.41, 5.74) is 6.12. The Balaban J connectivity index is 1.51. The van der Waals surface area contributed by atoms with E-state index in [1.807, 2.05) is 25.4 Å². The van der Waals surface area contributed by atoms with Gasteiger partial charge in [0.05, 0.1) is 47.3 Å². The fourth-order valence-electron chi connectivity index (χ4n) is 4.76. The van der Waals surface area contributed by atoms with Crippen molar-refractivity contribution < 1.29 is 9.47 Å². The summed E-state index contributed by atoms with van der Waals surface area (Å²) >= 11 is 0. The van der Waals surface area contributed by atoms with E-state index in [4.69, 9.17) is 19.4 Å². The highest BCUT2D eigenvalue weighted by Crippen LogP contribution is 2.30. The van der Waals surface area contributed by atoms with Crippen LogP contribution in [0.25, 0.3) is 27.7 Å². The average Bonchev–Trinajstić information content (AvgIpc) is 3.18. The zero-order valence-corrected chi connectivity index (χ0v) is 20.5. The molecule has 0 spiro atoms. The van der Waals surface area contributed by atoms with E-state index in [0.29, 0.717) is 12.5 Å². The Labute approximate surface area is 200 Å². The fraction of sp³-hybridized carbons (Fsp3) is 0.444. The third-order valence-corrected chi connectivity index (χ3v) is 6.39. The monoisotopic (exact) mass is 459 g/mol. The SMILES string of the molecule is CCCCCOc1ccc(-c2ccc3ncc4c(C)nc(N5C[C@@H](C)O[C@@H](C)C5)n4c3c2)cn1. The van der Waals surface area contributed by atoms with E-state index >= 15 is 0 Å². The Morgan fingerprint density at radius 1 is 0.971 bits per heavy atom. The van der Waals surface area contributed by atoms with Crippen LogP contribution in [-0.4, -0.2) is 51.3 Å². The largest absolute Gasteiger partial charge is 0.478 e. The van der Waals surface area contributed by atoms with Crippen LogP contribution in [-0.2, 0) is 4.74 Å². The first-order valence-corrected chi connectivity index (χ1v) is 12.3. The number of unbranched alkanes of at least 4 members (excludes halogenated alkanes) is 2. The predicted octanol–water partition coefficient (Wildman–Crippen LogP) is 5.44. The number of pyridine rings is 1. The highest BCUT2D eigenvalue weighted by molar-refractivity contribution is 5.85. The van der Waals surface area contributed by atoms with Crippen LogP contribution in [0.15, 0.2) is 42.7 Å². The van der Waals surface area contributed by atoms with Crippen LogP contribution >= 0.6 is 0 Å². The molecule has 0 radical (unpaired) electrons. The second-order valence-electron chi connectivity index (χ2n) is 9.28. The van der Waals surface area contributed by atoms with Gasteiger partial charge in [-0.25, -0.2) is 9.97 Å². The molecule has 1 aliphatic rings. The van der Waals surface area contributed by atoms with Gasteiger partial charge in [0, 0.05) is 30.9 Å². The number of aromatic nitrogens is 4. The minimum absolute atomic E-state index is 0.161. The molecule has 3 aromatic heterocycles. The molecule has 4 heterocycles. The molecule has 34 heavy (non-hydrogen) atoms. The lowest BCUT2D eigenvalue weighted by atomic mass is 10.1. The molecule has 5 rings (SSSR count). The van der Waals surface area contributed by atoms with Crippen LogP contribution < -0.4 is 9.64 Å². The molecule has 7 heteroatoms. The van der Waals surface area contributed by atoms with Gasteiger partial charge in [-0.3, -0.25) is 9.38 Å². The van der Waals surface area contributed by atoms with Crippen molar-refractivity contribution in [3.63, 3.8) is 0 Å². The van der Waals surface area contributed by atoms with Gasteiger partial charge >= 0.3 is 0 Å². The lowest BCUT2D eigenvalue weighted by molar-refractivity contribution is -0.00573. The van der Waals surface area contributed by atoms with Gasteiger partial charge < -0.3 is 14.4 Å². The van der Waals surface area contributed by atoms with Crippen molar-refractivity contribution >= 4 is 22.5 Å². The second kappa shape index (κ2) is 9.58. The van der Waals surface area contributed by atoms with Crippen LogP contribution in [0.2, 0.25) is 0 Å². The quantitative estimate of drug-likeness (QED) is 0.343. The van der Waals surface area contributed by atoms with Crippen LogP contribution in [0.4, 0.5) is 5.95 Å². The van der Waals surface area contributed by atoms with E-state index < -0.39 is 0 Å². The van der Waals surface area contributed by atoms with Gasteiger partial charge in [0.15, 0.2) is 0 Å². The van der Waals surface area contributed by atoms with E-state index in [0.717, 1.165) is 58.8 Å². The van der Waals surface area contributed by atoms with Crippen LogP contribution in [0.3, 0.4) is 0 Å². The zero-order chi connectivity index (χ0) is 23.7.